The second kappa shape index (κ2) is 8.22. The molecule has 25 heavy (non-hydrogen) atoms. The topological polar surface area (TPSA) is 80.5 Å². The maximum Gasteiger partial charge on any atom is 0.251 e. The molecule has 1 N–H and O–H groups in total. The number of hydrogen-bond donors (Lipinski definition) is 1. The summed E-state index contributed by atoms with van der Waals surface area (Å²) in [6.07, 6.45) is 0.911. The minimum atomic E-state index is -0.0902. The molecule has 0 bridgehead atoms. The van der Waals surface area contributed by atoms with E-state index < -0.39 is 0 Å². The summed E-state index contributed by atoms with van der Waals surface area (Å²) in [6.45, 7) is 8.25. The van der Waals surface area contributed by atoms with E-state index in [1.165, 1.54) is 0 Å². The van der Waals surface area contributed by atoms with Crippen molar-refractivity contribution in [1.82, 2.24) is 20.4 Å². The summed E-state index contributed by atoms with van der Waals surface area (Å²) in [6, 6.07) is 7.34. The van der Waals surface area contributed by atoms with E-state index in [0.717, 1.165) is 44.8 Å². The predicted octanol–water partition coefficient (Wildman–Crippen LogP) is 1.89. The van der Waals surface area contributed by atoms with Crippen molar-refractivity contribution in [2.75, 3.05) is 32.8 Å². The summed E-state index contributed by atoms with van der Waals surface area (Å²) in [5.41, 5.74) is 1.33. The second-order valence-electron chi connectivity index (χ2n) is 6.32. The molecule has 7 heteroatoms. The summed E-state index contributed by atoms with van der Waals surface area (Å²) in [4.78, 5) is 14.8. The van der Waals surface area contributed by atoms with Gasteiger partial charge in [-0.1, -0.05) is 6.07 Å². The van der Waals surface area contributed by atoms with E-state index >= 15 is 0 Å². The lowest BCUT2D eigenvalue weighted by molar-refractivity contribution is 0.0363. The van der Waals surface area contributed by atoms with Crippen LogP contribution in [0.2, 0.25) is 0 Å². The van der Waals surface area contributed by atoms with Crippen LogP contribution in [0.3, 0.4) is 0 Å². The Balaban J connectivity index is 1.55. The summed E-state index contributed by atoms with van der Waals surface area (Å²) >= 11 is 0. The first-order chi connectivity index (χ1) is 12.1. The number of carbonyl (C=O) groups excluding carboxylic acids is 1. The fraction of sp³-hybridized carbons (Fsp3) is 0.500. The Morgan fingerprint density at radius 1 is 1.32 bits per heavy atom. The van der Waals surface area contributed by atoms with Gasteiger partial charge in [0.25, 0.3) is 5.91 Å². The lowest BCUT2D eigenvalue weighted by Gasteiger charge is -2.27. The fourth-order valence-corrected chi connectivity index (χ4v) is 2.79. The maximum absolute atomic E-state index is 12.5. The third-order valence-electron chi connectivity index (χ3n) is 4.26. The molecule has 1 atom stereocenters. The molecule has 0 spiro atoms. The molecule has 0 aliphatic carbocycles. The van der Waals surface area contributed by atoms with Gasteiger partial charge in [-0.2, -0.15) is 0 Å². The van der Waals surface area contributed by atoms with Gasteiger partial charge in [-0.3, -0.25) is 9.69 Å². The quantitative estimate of drug-likeness (QED) is 0.862. The number of amides is 1. The number of aryl methyl sites for hydroxylation is 1. The minimum Gasteiger partial charge on any atom is -0.421 e. The highest BCUT2D eigenvalue weighted by Crippen LogP contribution is 2.19. The average Bonchev–Trinajstić information content (AvgIpc) is 3.07. The van der Waals surface area contributed by atoms with E-state index in [4.69, 9.17) is 9.15 Å². The van der Waals surface area contributed by atoms with Gasteiger partial charge < -0.3 is 14.5 Å². The number of benzene rings is 1. The van der Waals surface area contributed by atoms with Gasteiger partial charge in [-0.15, -0.1) is 10.2 Å². The monoisotopic (exact) mass is 344 g/mol. The smallest absolute Gasteiger partial charge is 0.251 e. The zero-order chi connectivity index (χ0) is 17.6. The molecule has 1 unspecified atom stereocenters. The van der Waals surface area contributed by atoms with Crippen LogP contribution in [0.25, 0.3) is 11.5 Å². The minimum absolute atomic E-state index is 0.0902. The van der Waals surface area contributed by atoms with Crippen LogP contribution in [0.1, 0.15) is 29.6 Å². The zero-order valence-corrected chi connectivity index (χ0v) is 14.7. The highest BCUT2D eigenvalue weighted by molar-refractivity contribution is 5.95. The van der Waals surface area contributed by atoms with Crippen molar-refractivity contribution in [2.45, 2.75) is 26.3 Å². The molecule has 1 amide bonds. The number of hydrogen-bond acceptors (Lipinski definition) is 6. The molecule has 134 valence electrons. The van der Waals surface area contributed by atoms with Gasteiger partial charge in [-0.05, 0) is 31.5 Å². The van der Waals surface area contributed by atoms with Gasteiger partial charge in [0.2, 0.25) is 11.8 Å². The molecular weight excluding hydrogens is 320 g/mol. The van der Waals surface area contributed by atoms with Gasteiger partial charge >= 0.3 is 0 Å². The Morgan fingerprint density at radius 3 is 2.84 bits per heavy atom. The Labute approximate surface area is 147 Å². The highest BCUT2D eigenvalue weighted by Gasteiger charge is 2.15. The fourth-order valence-electron chi connectivity index (χ4n) is 2.79. The van der Waals surface area contributed by atoms with E-state index in [1.54, 1.807) is 19.1 Å². The molecule has 1 aromatic heterocycles. The third-order valence-corrected chi connectivity index (χ3v) is 4.26. The van der Waals surface area contributed by atoms with E-state index in [1.807, 2.05) is 19.1 Å². The van der Waals surface area contributed by atoms with Crippen LogP contribution in [0.4, 0.5) is 0 Å². The molecule has 1 saturated heterocycles. The number of carbonyl (C=O) groups is 1. The van der Waals surface area contributed by atoms with Crippen molar-refractivity contribution < 1.29 is 13.9 Å². The van der Waals surface area contributed by atoms with Crippen LogP contribution in [-0.4, -0.2) is 59.9 Å². The molecule has 2 aromatic rings. The Hall–Kier alpha value is -2.25. The summed E-state index contributed by atoms with van der Waals surface area (Å²) in [5.74, 6) is 0.835. The predicted molar refractivity (Wildman–Crippen MR) is 93.3 cm³/mol. The SMILES string of the molecule is Cc1nnc(-c2cccc(C(=O)NC(C)CCN3CCOCC3)c2)o1. The zero-order valence-electron chi connectivity index (χ0n) is 14.7. The van der Waals surface area contributed by atoms with E-state index in [9.17, 15) is 4.79 Å². The molecule has 1 fully saturated rings. The van der Waals surface area contributed by atoms with Crippen molar-refractivity contribution in [3.8, 4) is 11.5 Å². The van der Waals surface area contributed by atoms with E-state index in [2.05, 4.69) is 20.4 Å². The lowest BCUT2D eigenvalue weighted by Crippen LogP contribution is -2.40. The summed E-state index contributed by atoms with van der Waals surface area (Å²) in [5, 5.41) is 10.9. The Kier molecular flexibility index (Phi) is 5.78. The molecule has 2 heterocycles. The van der Waals surface area contributed by atoms with E-state index in [0.29, 0.717) is 17.3 Å². The largest absolute Gasteiger partial charge is 0.421 e. The van der Waals surface area contributed by atoms with Crippen molar-refractivity contribution in [1.29, 1.82) is 0 Å². The van der Waals surface area contributed by atoms with Gasteiger partial charge in [-0.25, -0.2) is 0 Å². The average molecular weight is 344 g/mol. The number of rotatable bonds is 6. The number of nitrogens with one attached hydrogen (secondary N) is 1. The van der Waals surface area contributed by atoms with Crippen LogP contribution >= 0.6 is 0 Å². The first kappa shape index (κ1) is 17.6. The van der Waals surface area contributed by atoms with Crippen molar-refractivity contribution in [3.05, 3.63) is 35.7 Å². The molecule has 1 aliphatic heterocycles. The highest BCUT2D eigenvalue weighted by atomic mass is 16.5. The normalized spacial score (nSPS) is 16.6. The summed E-state index contributed by atoms with van der Waals surface area (Å²) < 4.78 is 10.8. The molecule has 1 aromatic carbocycles. The molecular formula is C18H24N4O3. The van der Waals surface area contributed by atoms with Crippen LogP contribution in [0.5, 0.6) is 0 Å². The number of nitrogens with zero attached hydrogens (tertiary/aromatic N) is 3. The van der Waals surface area contributed by atoms with Gasteiger partial charge in [0, 0.05) is 43.7 Å². The lowest BCUT2D eigenvalue weighted by atomic mass is 10.1. The van der Waals surface area contributed by atoms with E-state index in [-0.39, 0.29) is 11.9 Å². The van der Waals surface area contributed by atoms with Gasteiger partial charge in [0.05, 0.1) is 13.2 Å². The summed E-state index contributed by atoms with van der Waals surface area (Å²) in [7, 11) is 0. The second-order valence-corrected chi connectivity index (χ2v) is 6.32. The maximum atomic E-state index is 12.5. The first-order valence-electron chi connectivity index (χ1n) is 8.63. The van der Waals surface area contributed by atoms with Crippen molar-refractivity contribution in [3.63, 3.8) is 0 Å². The molecule has 7 nitrogen and oxygen atoms in total. The van der Waals surface area contributed by atoms with Crippen LogP contribution < -0.4 is 5.32 Å². The van der Waals surface area contributed by atoms with Crippen LogP contribution in [-0.2, 0) is 4.74 Å². The number of morpholine rings is 1. The van der Waals surface area contributed by atoms with Crippen LogP contribution in [0.15, 0.2) is 28.7 Å². The Bertz CT molecular complexity index is 710. The molecule has 1 aliphatic rings. The van der Waals surface area contributed by atoms with Crippen molar-refractivity contribution in [2.24, 2.45) is 0 Å². The van der Waals surface area contributed by atoms with Gasteiger partial charge in [0.15, 0.2) is 0 Å². The number of aromatic nitrogens is 2. The third kappa shape index (κ3) is 4.87. The number of ether oxygens (including phenoxy) is 1. The Morgan fingerprint density at radius 2 is 2.12 bits per heavy atom. The van der Waals surface area contributed by atoms with Gasteiger partial charge in [0.1, 0.15) is 0 Å². The first-order valence-corrected chi connectivity index (χ1v) is 8.63. The molecule has 0 radical (unpaired) electrons. The molecule has 0 saturated carbocycles. The van der Waals surface area contributed by atoms with Crippen molar-refractivity contribution >= 4 is 5.91 Å². The molecule has 3 rings (SSSR count). The standard InChI is InChI=1S/C18H24N4O3/c1-13(6-7-22-8-10-24-11-9-22)19-17(23)15-4-3-5-16(12-15)18-21-20-14(2)25-18/h3-5,12-13H,6-11H2,1-2H3,(H,19,23). The van der Waals surface area contributed by atoms with Crippen LogP contribution in [0, 0.1) is 6.92 Å².